The van der Waals surface area contributed by atoms with Gasteiger partial charge in [-0.25, -0.2) is 0 Å². The fraction of sp³-hybridized carbons (Fsp3) is 0.786. The first-order valence-corrected chi connectivity index (χ1v) is 12.8. The molecule has 1 aromatic rings. The molecule has 8 atom stereocenters. The highest BCUT2D eigenvalue weighted by atomic mass is 16.3. The van der Waals surface area contributed by atoms with Gasteiger partial charge in [-0.05, 0) is 105 Å². The maximum atomic E-state index is 10.8. The zero-order valence-corrected chi connectivity index (χ0v) is 19.5. The van der Waals surface area contributed by atoms with Gasteiger partial charge in [-0.15, -0.1) is 0 Å². The Kier molecular flexibility index (Phi) is 5.34. The van der Waals surface area contributed by atoms with Gasteiger partial charge in [0.1, 0.15) is 0 Å². The van der Waals surface area contributed by atoms with Crippen molar-refractivity contribution in [2.24, 2.45) is 34.5 Å². The van der Waals surface area contributed by atoms with Gasteiger partial charge in [0.25, 0.3) is 0 Å². The average molecular weight is 410 g/mol. The molecule has 4 saturated carbocycles. The Hall–Kier alpha value is -0.860. The molecule has 0 amide bonds. The molecule has 2 heteroatoms. The zero-order valence-electron chi connectivity index (χ0n) is 19.5. The van der Waals surface area contributed by atoms with Crippen molar-refractivity contribution in [3.63, 3.8) is 0 Å². The number of fused-ring (bicyclic) bond motifs is 5. The molecule has 2 N–H and O–H groups in total. The van der Waals surface area contributed by atoms with Crippen LogP contribution in [0, 0.1) is 34.5 Å². The topological polar surface area (TPSA) is 32.3 Å². The summed E-state index contributed by atoms with van der Waals surface area (Å²) in [4.78, 5) is 0. The Morgan fingerprint density at radius 3 is 2.43 bits per heavy atom. The highest BCUT2D eigenvalue weighted by molar-refractivity contribution is 5.16. The minimum Gasteiger partial charge on any atom is -0.390 e. The number of aliphatic hydroxyl groups is 1. The Balaban J connectivity index is 1.34. The molecular weight excluding hydrogens is 366 g/mol. The molecule has 5 rings (SSSR count). The van der Waals surface area contributed by atoms with Crippen LogP contribution in [0.25, 0.3) is 0 Å². The molecule has 0 aliphatic heterocycles. The molecule has 0 spiro atoms. The van der Waals surface area contributed by atoms with Crippen molar-refractivity contribution in [3.8, 4) is 0 Å². The van der Waals surface area contributed by atoms with Gasteiger partial charge in [0.05, 0.1) is 5.60 Å². The third-order valence-electron chi connectivity index (χ3n) is 10.6. The van der Waals surface area contributed by atoms with Gasteiger partial charge in [-0.3, -0.25) is 0 Å². The van der Waals surface area contributed by atoms with Gasteiger partial charge in [-0.1, -0.05) is 50.6 Å². The molecule has 0 heterocycles. The van der Waals surface area contributed by atoms with E-state index in [1.54, 1.807) is 0 Å². The van der Waals surface area contributed by atoms with Crippen molar-refractivity contribution >= 4 is 0 Å². The second kappa shape index (κ2) is 7.62. The van der Waals surface area contributed by atoms with Crippen LogP contribution in [0.3, 0.4) is 0 Å². The summed E-state index contributed by atoms with van der Waals surface area (Å²) in [5.41, 5.74) is 1.91. The van der Waals surface area contributed by atoms with E-state index in [4.69, 9.17) is 0 Å². The molecule has 0 bridgehead atoms. The third kappa shape index (κ3) is 3.47. The first-order chi connectivity index (χ1) is 14.3. The van der Waals surface area contributed by atoms with Crippen molar-refractivity contribution in [2.45, 2.75) is 103 Å². The molecular formula is C28H43NO. The number of hydrogen-bond acceptors (Lipinski definition) is 2. The quantitative estimate of drug-likeness (QED) is 0.611. The van der Waals surface area contributed by atoms with Crippen molar-refractivity contribution in [1.29, 1.82) is 0 Å². The summed E-state index contributed by atoms with van der Waals surface area (Å²) in [7, 11) is 0. The summed E-state index contributed by atoms with van der Waals surface area (Å²) in [6.45, 7) is 8.35. The Labute approximate surface area is 184 Å². The molecule has 1 aromatic carbocycles. The molecule has 0 radical (unpaired) electrons. The fourth-order valence-electron chi connectivity index (χ4n) is 8.81. The Morgan fingerprint density at radius 1 is 0.867 bits per heavy atom. The van der Waals surface area contributed by atoms with Crippen LogP contribution in [0.2, 0.25) is 0 Å². The van der Waals surface area contributed by atoms with Crippen LogP contribution in [-0.2, 0) is 6.54 Å². The van der Waals surface area contributed by atoms with Crippen LogP contribution in [0.15, 0.2) is 30.3 Å². The summed E-state index contributed by atoms with van der Waals surface area (Å²) >= 11 is 0. The van der Waals surface area contributed by atoms with Crippen LogP contribution in [-0.4, -0.2) is 16.7 Å². The van der Waals surface area contributed by atoms with Crippen molar-refractivity contribution < 1.29 is 5.11 Å². The van der Waals surface area contributed by atoms with Gasteiger partial charge in [0, 0.05) is 12.6 Å². The summed E-state index contributed by atoms with van der Waals surface area (Å²) in [5, 5.41) is 14.8. The number of hydrogen-bond donors (Lipinski definition) is 2. The van der Waals surface area contributed by atoms with E-state index in [2.05, 4.69) is 56.4 Å². The molecule has 2 nitrogen and oxygen atoms in total. The number of nitrogens with one attached hydrogen (secondary N) is 1. The monoisotopic (exact) mass is 409 g/mol. The molecule has 4 aliphatic rings. The summed E-state index contributed by atoms with van der Waals surface area (Å²) in [5.74, 6) is 3.41. The summed E-state index contributed by atoms with van der Waals surface area (Å²) in [6, 6.07) is 11.6. The van der Waals surface area contributed by atoms with E-state index in [0.29, 0.717) is 16.9 Å². The summed E-state index contributed by atoms with van der Waals surface area (Å²) in [6.07, 6.45) is 13.0. The Morgan fingerprint density at radius 2 is 1.63 bits per heavy atom. The molecule has 30 heavy (non-hydrogen) atoms. The SMILES string of the molecule is C[C@@]1(O)CC[C@@]2(C)C(CCC[C@H]3C2CC[C@@]2(C)C3CC[C@@H]2NCc2ccccc2)C1. The Bertz CT molecular complexity index is 744. The van der Waals surface area contributed by atoms with Crippen molar-refractivity contribution in [2.75, 3.05) is 0 Å². The lowest BCUT2D eigenvalue weighted by Crippen LogP contribution is -2.53. The highest BCUT2D eigenvalue weighted by Gasteiger charge is 2.59. The van der Waals surface area contributed by atoms with Gasteiger partial charge >= 0.3 is 0 Å². The van der Waals surface area contributed by atoms with Gasteiger partial charge in [0.15, 0.2) is 0 Å². The van der Waals surface area contributed by atoms with E-state index < -0.39 is 5.60 Å². The third-order valence-corrected chi connectivity index (χ3v) is 10.6. The maximum absolute atomic E-state index is 10.8. The molecule has 0 aromatic heterocycles. The molecule has 166 valence electrons. The van der Waals surface area contributed by atoms with E-state index in [0.717, 1.165) is 43.1 Å². The zero-order chi connectivity index (χ0) is 21.0. The van der Waals surface area contributed by atoms with Crippen LogP contribution in [0.4, 0.5) is 0 Å². The van der Waals surface area contributed by atoms with Crippen LogP contribution < -0.4 is 5.32 Å². The largest absolute Gasteiger partial charge is 0.390 e. The lowest BCUT2D eigenvalue weighted by molar-refractivity contribution is -0.107. The van der Waals surface area contributed by atoms with Crippen molar-refractivity contribution in [3.05, 3.63) is 35.9 Å². The van der Waals surface area contributed by atoms with Crippen molar-refractivity contribution in [1.82, 2.24) is 5.32 Å². The lowest BCUT2D eigenvalue weighted by atomic mass is 9.49. The smallest absolute Gasteiger partial charge is 0.0622 e. The molecule has 3 unspecified atom stereocenters. The number of benzene rings is 1. The average Bonchev–Trinajstić information content (AvgIpc) is 2.99. The van der Waals surface area contributed by atoms with Crippen LogP contribution >= 0.6 is 0 Å². The second-order valence-corrected chi connectivity index (χ2v) is 12.3. The predicted molar refractivity (Wildman–Crippen MR) is 124 cm³/mol. The minimum atomic E-state index is -0.424. The second-order valence-electron chi connectivity index (χ2n) is 12.3. The normalized spacial score (nSPS) is 48.3. The van der Waals surface area contributed by atoms with E-state index in [1.165, 1.54) is 56.9 Å². The van der Waals surface area contributed by atoms with E-state index in [1.807, 2.05) is 0 Å². The minimum absolute atomic E-state index is 0.424. The first kappa shape index (κ1) is 21.0. The van der Waals surface area contributed by atoms with Gasteiger partial charge < -0.3 is 10.4 Å². The fourth-order valence-corrected chi connectivity index (χ4v) is 8.81. The van der Waals surface area contributed by atoms with Crippen LogP contribution in [0.1, 0.15) is 90.5 Å². The first-order valence-electron chi connectivity index (χ1n) is 12.8. The van der Waals surface area contributed by atoms with E-state index >= 15 is 0 Å². The number of rotatable bonds is 3. The molecule has 4 fully saturated rings. The standard InChI is InChI=1S/C28H43NO/c1-26(30)16-17-27(2)21(18-26)10-7-11-22-23-12-13-25(28(23,3)15-14-24(22)27)29-19-20-8-5-4-6-9-20/h4-6,8-9,21-25,29-30H,7,10-19H2,1-3H3/t21?,22-,23?,24?,25+,26-,27+,28+/m1/s1. The van der Waals surface area contributed by atoms with E-state index in [-0.39, 0.29) is 0 Å². The molecule has 0 saturated heterocycles. The lowest BCUT2D eigenvalue weighted by Gasteiger charge is -2.57. The van der Waals surface area contributed by atoms with Gasteiger partial charge in [0.2, 0.25) is 0 Å². The maximum Gasteiger partial charge on any atom is 0.0622 e. The molecule has 4 aliphatic carbocycles. The van der Waals surface area contributed by atoms with Gasteiger partial charge in [-0.2, -0.15) is 0 Å². The highest BCUT2D eigenvalue weighted by Crippen LogP contribution is 2.65. The predicted octanol–water partition coefficient (Wildman–Crippen LogP) is 6.33. The summed E-state index contributed by atoms with van der Waals surface area (Å²) < 4.78 is 0. The van der Waals surface area contributed by atoms with E-state index in [9.17, 15) is 5.11 Å². The van der Waals surface area contributed by atoms with Crippen LogP contribution in [0.5, 0.6) is 0 Å².